The maximum Gasteiger partial charge on any atom is 0.107 e. The second-order valence-corrected chi connectivity index (χ2v) is 8.62. The number of rotatable bonds is 2. The van der Waals surface area contributed by atoms with Gasteiger partial charge in [-0.1, -0.05) is 59.4 Å². The molecular formula is C11H5Br4ClS. The van der Waals surface area contributed by atoms with Gasteiger partial charge < -0.3 is 0 Å². The van der Waals surface area contributed by atoms with Crippen LogP contribution in [0.25, 0.3) is 0 Å². The van der Waals surface area contributed by atoms with E-state index in [1.807, 2.05) is 12.1 Å². The highest BCUT2D eigenvalue weighted by Gasteiger charge is 2.16. The molecule has 17 heavy (non-hydrogen) atoms. The second-order valence-electron chi connectivity index (χ2n) is 3.34. The highest BCUT2D eigenvalue weighted by molar-refractivity contribution is 9.11. The summed E-state index contributed by atoms with van der Waals surface area (Å²) in [6, 6.07) is 8.24. The Balaban J connectivity index is 2.39. The molecule has 90 valence electrons. The molecule has 0 spiro atoms. The van der Waals surface area contributed by atoms with Crippen molar-refractivity contribution in [1.82, 2.24) is 0 Å². The molecule has 0 aliphatic rings. The van der Waals surface area contributed by atoms with Gasteiger partial charge >= 0.3 is 0 Å². The van der Waals surface area contributed by atoms with E-state index in [9.17, 15) is 0 Å². The van der Waals surface area contributed by atoms with Crippen LogP contribution in [0.3, 0.4) is 0 Å². The van der Waals surface area contributed by atoms with Crippen LogP contribution in [0.5, 0.6) is 0 Å². The molecule has 0 N–H and O–H groups in total. The summed E-state index contributed by atoms with van der Waals surface area (Å²) in [4.78, 5) is 1.32. The normalized spacial score (nSPS) is 12.8. The predicted molar refractivity (Wildman–Crippen MR) is 89.6 cm³/mol. The summed E-state index contributed by atoms with van der Waals surface area (Å²) in [5, 5.41) is 0. The van der Waals surface area contributed by atoms with Crippen molar-refractivity contribution in [3.05, 3.63) is 52.5 Å². The fourth-order valence-corrected chi connectivity index (χ4v) is 5.12. The summed E-state index contributed by atoms with van der Waals surface area (Å²) >= 11 is 21.7. The van der Waals surface area contributed by atoms with Crippen molar-refractivity contribution in [1.29, 1.82) is 0 Å². The van der Waals surface area contributed by atoms with Crippen molar-refractivity contribution < 1.29 is 0 Å². The fourth-order valence-electron chi connectivity index (χ4n) is 1.37. The topological polar surface area (TPSA) is 0 Å². The molecule has 0 nitrogen and oxygen atoms in total. The molecule has 1 unspecified atom stereocenters. The summed E-state index contributed by atoms with van der Waals surface area (Å²) in [5.74, 6) is 0. The number of hydrogen-bond acceptors (Lipinski definition) is 1. The van der Waals surface area contributed by atoms with Gasteiger partial charge in [-0.15, -0.1) is 11.3 Å². The average Bonchev–Trinajstić information content (AvgIpc) is 2.57. The SMILES string of the molecule is Clc1sc(C(Br)c2cc(Br)cc(Br)c2)cc1Br. The molecule has 0 saturated carbocycles. The minimum atomic E-state index is 0.144. The van der Waals surface area contributed by atoms with Crippen LogP contribution in [-0.2, 0) is 0 Å². The first-order valence-electron chi connectivity index (χ1n) is 4.52. The summed E-state index contributed by atoms with van der Waals surface area (Å²) in [6.45, 7) is 0. The summed E-state index contributed by atoms with van der Waals surface area (Å²) in [5.41, 5.74) is 1.18. The highest BCUT2D eigenvalue weighted by Crippen LogP contribution is 2.42. The lowest BCUT2D eigenvalue weighted by Gasteiger charge is -2.09. The lowest BCUT2D eigenvalue weighted by atomic mass is 10.1. The smallest absolute Gasteiger partial charge is 0.107 e. The molecule has 2 rings (SSSR count). The molecule has 0 saturated heterocycles. The molecule has 0 aliphatic carbocycles. The van der Waals surface area contributed by atoms with Crippen LogP contribution >= 0.6 is 86.7 Å². The van der Waals surface area contributed by atoms with E-state index in [4.69, 9.17) is 11.6 Å². The molecule has 1 aromatic heterocycles. The van der Waals surface area contributed by atoms with Gasteiger partial charge in [0.25, 0.3) is 0 Å². The van der Waals surface area contributed by atoms with Crippen molar-refractivity contribution in [3.63, 3.8) is 0 Å². The lowest BCUT2D eigenvalue weighted by molar-refractivity contribution is 1.21. The van der Waals surface area contributed by atoms with Gasteiger partial charge in [0.2, 0.25) is 0 Å². The predicted octanol–water partition coefficient (Wildman–Crippen LogP) is 7.17. The van der Waals surface area contributed by atoms with Crippen molar-refractivity contribution >= 4 is 86.7 Å². The molecule has 0 amide bonds. The van der Waals surface area contributed by atoms with Crippen molar-refractivity contribution in [2.24, 2.45) is 0 Å². The van der Waals surface area contributed by atoms with E-state index in [1.54, 1.807) is 11.3 Å². The molecule has 2 aromatic rings. The van der Waals surface area contributed by atoms with Crippen LogP contribution in [0.15, 0.2) is 37.7 Å². The molecular weight excluding hydrogens is 519 g/mol. The van der Waals surface area contributed by atoms with E-state index in [1.165, 1.54) is 10.4 Å². The minimum Gasteiger partial charge on any atom is -0.126 e. The monoisotopic (exact) mass is 520 g/mol. The van der Waals surface area contributed by atoms with Crippen molar-refractivity contribution in [3.8, 4) is 0 Å². The quantitative estimate of drug-likeness (QED) is 0.366. The van der Waals surface area contributed by atoms with Crippen LogP contribution in [0.1, 0.15) is 15.3 Å². The molecule has 0 fully saturated rings. The highest BCUT2D eigenvalue weighted by atomic mass is 79.9. The van der Waals surface area contributed by atoms with Crippen molar-refractivity contribution in [2.45, 2.75) is 4.83 Å². The van der Waals surface area contributed by atoms with E-state index in [0.29, 0.717) is 0 Å². The number of hydrogen-bond donors (Lipinski definition) is 0. The molecule has 6 heteroatoms. The van der Waals surface area contributed by atoms with Crippen LogP contribution < -0.4 is 0 Å². The first kappa shape index (κ1) is 14.5. The van der Waals surface area contributed by atoms with Gasteiger partial charge in [0.1, 0.15) is 4.34 Å². The van der Waals surface area contributed by atoms with Gasteiger partial charge in [-0.3, -0.25) is 0 Å². The third-order valence-corrected chi connectivity index (χ3v) is 6.87. The van der Waals surface area contributed by atoms with E-state index >= 15 is 0 Å². The Morgan fingerprint density at radius 2 is 1.59 bits per heavy atom. The first-order valence-corrected chi connectivity index (χ1v) is 9.01. The van der Waals surface area contributed by atoms with Gasteiger partial charge in [-0.05, 0) is 45.8 Å². The maximum absolute atomic E-state index is 6.06. The largest absolute Gasteiger partial charge is 0.126 e. The molecule has 1 aromatic carbocycles. The fraction of sp³-hybridized carbons (Fsp3) is 0.0909. The van der Waals surface area contributed by atoms with Crippen LogP contribution in [-0.4, -0.2) is 0 Å². The first-order chi connectivity index (χ1) is 7.97. The van der Waals surface area contributed by atoms with Gasteiger partial charge in [-0.2, -0.15) is 0 Å². The van der Waals surface area contributed by atoms with E-state index < -0.39 is 0 Å². The van der Waals surface area contributed by atoms with E-state index in [-0.39, 0.29) is 4.83 Å². The minimum absolute atomic E-state index is 0.144. The molecule has 0 bridgehead atoms. The Labute approximate surface area is 142 Å². The summed E-state index contributed by atoms with van der Waals surface area (Å²) in [7, 11) is 0. The Morgan fingerprint density at radius 3 is 2.06 bits per heavy atom. The second kappa shape index (κ2) is 6.06. The summed E-state index contributed by atoms with van der Waals surface area (Å²) < 4.78 is 3.82. The van der Waals surface area contributed by atoms with Gasteiger partial charge in [-0.25, -0.2) is 0 Å². The Morgan fingerprint density at radius 1 is 1.00 bits per heavy atom. The molecule has 0 aliphatic heterocycles. The number of halogens is 5. The van der Waals surface area contributed by atoms with Crippen LogP contribution in [0.4, 0.5) is 0 Å². The van der Waals surface area contributed by atoms with Gasteiger partial charge in [0.05, 0.1) is 4.83 Å². The maximum atomic E-state index is 6.06. The zero-order valence-electron chi connectivity index (χ0n) is 8.18. The third kappa shape index (κ3) is 3.57. The zero-order chi connectivity index (χ0) is 12.6. The molecule has 1 heterocycles. The van der Waals surface area contributed by atoms with Gasteiger partial charge in [0, 0.05) is 18.3 Å². The number of alkyl halides is 1. The van der Waals surface area contributed by atoms with E-state index in [2.05, 4.69) is 75.9 Å². The van der Waals surface area contributed by atoms with E-state index in [0.717, 1.165) is 17.8 Å². The van der Waals surface area contributed by atoms with Crippen molar-refractivity contribution in [2.75, 3.05) is 0 Å². The molecule has 0 radical (unpaired) electrons. The Bertz CT molecular complexity index is 513. The zero-order valence-corrected chi connectivity index (χ0v) is 16.1. The standard InChI is InChI=1S/C11H5Br4ClS/c12-6-1-5(2-7(13)3-6)10(15)9-4-8(14)11(16)17-9/h1-4,10H. The van der Waals surface area contributed by atoms with Crippen LogP contribution in [0, 0.1) is 0 Å². The lowest BCUT2D eigenvalue weighted by Crippen LogP contribution is -1.89. The Hall–Kier alpha value is 1.13. The molecule has 1 atom stereocenters. The summed E-state index contributed by atoms with van der Waals surface area (Å²) in [6.07, 6.45) is 0. The Kier molecular flexibility index (Phi) is 5.18. The average molecular weight is 524 g/mol. The number of benzene rings is 1. The third-order valence-electron chi connectivity index (χ3n) is 2.09. The number of thiophene rings is 1. The van der Waals surface area contributed by atoms with Crippen LogP contribution in [0.2, 0.25) is 4.34 Å². The van der Waals surface area contributed by atoms with Gasteiger partial charge in [0.15, 0.2) is 0 Å².